The van der Waals surface area contributed by atoms with Crippen LogP contribution in [0.5, 0.6) is 0 Å². The standard InChI is InChI=1S/C6H12O3S/c7-2-4-1-6(10)9-3-5(4)8/h4-8,10H,1-3H2/t4-,5+,6?/m0/s1. The Balaban J connectivity index is 2.38. The third-order valence-electron chi connectivity index (χ3n) is 1.74. The van der Waals surface area contributed by atoms with Gasteiger partial charge in [-0.05, 0) is 6.42 Å². The summed E-state index contributed by atoms with van der Waals surface area (Å²) in [6.45, 7) is 0.307. The van der Waals surface area contributed by atoms with Crippen molar-refractivity contribution in [3.05, 3.63) is 0 Å². The number of thiol groups is 1. The molecule has 0 aliphatic carbocycles. The summed E-state index contributed by atoms with van der Waals surface area (Å²) in [4.78, 5) is 0. The Hall–Kier alpha value is 0.230. The fourth-order valence-electron chi connectivity index (χ4n) is 1.03. The molecule has 0 amide bonds. The molecule has 1 saturated heterocycles. The first kappa shape index (κ1) is 8.33. The van der Waals surface area contributed by atoms with Crippen molar-refractivity contribution in [2.75, 3.05) is 13.2 Å². The summed E-state index contributed by atoms with van der Waals surface area (Å²) in [5, 5.41) is 17.9. The summed E-state index contributed by atoms with van der Waals surface area (Å²) >= 11 is 4.07. The van der Waals surface area contributed by atoms with E-state index in [1.807, 2.05) is 0 Å². The predicted molar refractivity (Wildman–Crippen MR) is 39.9 cm³/mol. The summed E-state index contributed by atoms with van der Waals surface area (Å²) < 4.78 is 5.03. The lowest BCUT2D eigenvalue weighted by Crippen LogP contribution is -2.37. The van der Waals surface area contributed by atoms with Crippen molar-refractivity contribution in [3.63, 3.8) is 0 Å². The molecule has 1 aliphatic rings. The van der Waals surface area contributed by atoms with Gasteiger partial charge in [-0.1, -0.05) is 0 Å². The van der Waals surface area contributed by atoms with Crippen LogP contribution in [0.25, 0.3) is 0 Å². The lowest BCUT2D eigenvalue weighted by Gasteiger charge is -2.29. The lowest BCUT2D eigenvalue weighted by molar-refractivity contribution is -0.0695. The van der Waals surface area contributed by atoms with Crippen LogP contribution in [0.2, 0.25) is 0 Å². The molecule has 1 unspecified atom stereocenters. The zero-order valence-corrected chi connectivity index (χ0v) is 6.50. The molecule has 1 heterocycles. The monoisotopic (exact) mass is 164 g/mol. The van der Waals surface area contributed by atoms with Crippen molar-refractivity contribution in [2.45, 2.75) is 18.0 Å². The van der Waals surface area contributed by atoms with Gasteiger partial charge in [0.1, 0.15) is 5.44 Å². The highest BCUT2D eigenvalue weighted by Crippen LogP contribution is 2.21. The summed E-state index contributed by atoms with van der Waals surface area (Å²) in [7, 11) is 0. The van der Waals surface area contributed by atoms with Gasteiger partial charge in [0, 0.05) is 12.5 Å². The summed E-state index contributed by atoms with van der Waals surface area (Å²) in [6.07, 6.45) is 0.106. The maximum atomic E-state index is 9.17. The molecule has 10 heavy (non-hydrogen) atoms. The molecule has 1 aliphatic heterocycles. The number of hydrogen-bond donors (Lipinski definition) is 3. The minimum atomic E-state index is -0.520. The van der Waals surface area contributed by atoms with E-state index in [-0.39, 0.29) is 18.0 Å². The van der Waals surface area contributed by atoms with E-state index in [1.165, 1.54) is 0 Å². The highest BCUT2D eigenvalue weighted by molar-refractivity contribution is 7.80. The zero-order chi connectivity index (χ0) is 7.56. The average Bonchev–Trinajstić information content (AvgIpc) is 1.94. The summed E-state index contributed by atoms with van der Waals surface area (Å²) in [6, 6.07) is 0. The quantitative estimate of drug-likeness (QED) is 0.464. The van der Waals surface area contributed by atoms with Crippen molar-refractivity contribution in [3.8, 4) is 0 Å². The molecule has 4 heteroatoms. The summed E-state index contributed by atoms with van der Waals surface area (Å²) in [5.41, 5.74) is -0.124. The highest BCUT2D eigenvalue weighted by Gasteiger charge is 2.27. The first-order valence-corrected chi connectivity index (χ1v) is 3.84. The molecular formula is C6H12O3S. The van der Waals surface area contributed by atoms with Gasteiger partial charge >= 0.3 is 0 Å². The fraction of sp³-hybridized carbons (Fsp3) is 1.00. The second-order valence-electron chi connectivity index (χ2n) is 2.53. The maximum Gasteiger partial charge on any atom is 0.100 e. The van der Waals surface area contributed by atoms with Crippen LogP contribution in [0.4, 0.5) is 0 Å². The first-order valence-electron chi connectivity index (χ1n) is 3.32. The van der Waals surface area contributed by atoms with E-state index >= 15 is 0 Å². The van der Waals surface area contributed by atoms with Gasteiger partial charge in [0.15, 0.2) is 0 Å². The molecule has 0 aromatic heterocycles. The van der Waals surface area contributed by atoms with E-state index in [1.54, 1.807) is 0 Å². The van der Waals surface area contributed by atoms with E-state index in [4.69, 9.17) is 14.9 Å². The number of ether oxygens (including phenoxy) is 1. The number of aliphatic hydroxyl groups excluding tert-OH is 2. The largest absolute Gasteiger partial charge is 0.396 e. The molecule has 0 bridgehead atoms. The number of hydrogen-bond acceptors (Lipinski definition) is 4. The molecule has 3 nitrogen and oxygen atoms in total. The molecule has 0 saturated carbocycles. The van der Waals surface area contributed by atoms with E-state index in [9.17, 15) is 0 Å². The molecule has 2 N–H and O–H groups in total. The molecule has 0 aromatic rings. The van der Waals surface area contributed by atoms with Gasteiger partial charge in [-0.3, -0.25) is 0 Å². The molecule has 0 radical (unpaired) electrons. The highest BCUT2D eigenvalue weighted by atomic mass is 32.1. The third-order valence-corrected chi connectivity index (χ3v) is 2.10. The van der Waals surface area contributed by atoms with Gasteiger partial charge in [-0.2, -0.15) is 0 Å². The van der Waals surface area contributed by atoms with Gasteiger partial charge in [-0.25, -0.2) is 0 Å². The minimum Gasteiger partial charge on any atom is -0.396 e. The second kappa shape index (κ2) is 3.57. The molecular weight excluding hydrogens is 152 g/mol. The molecule has 0 aromatic carbocycles. The van der Waals surface area contributed by atoms with E-state index in [2.05, 4.69) is 12.6 Å². The van der Waals surface area contributed by atoms with E-state index in [0.717, 1.165) is 0 Å². The van der Waals surface area contributed by atoms with Crippen molar-refractivity contribution in [1.82, 2.24) is 0 Å². The molecule has 1 fully saturated rings. The predicted octanol–water partition coefficient (Wildman–Crippen LogP) is -0.368. The lowest BCUT2D eigenvalue weighted by atomic mass is 9.98. The smallest absolute Gasteiger partial charge is 0.100 e. The maximum absolute atomic E-state index is 9.17. The Kier molecular flexibility index (Phi) is 2.97. The van der Waals surface area contributed by atoms with Crippen LogP contribution in [0.15, 0.2) is 0 Å². The minimum absolute atomic E-state index is 0.0155. The van der Waals surface area contributed by atoms with Crippen LogP contribution in [0.3, 0.4) is 0 Å². The van der Waals surface area contributed by atoms with Crippen LogP contribution in [0.1, 0.15) is 6.42 Å². The van der Waals surface area contributed by atoms with Gasteiger partial charge < -0.3 is 14.9 Å². The Bertz CT molecular complexity index is 109. The molecule has 3 atom stereocenters. The van der Waals surface area contributed by atoms with Crippen LogP contribution in [-0.2, 0) is 4.74 Å². The molecule has 1 rings (SSSR count). The Morgan fingerprint density at radius 1 is 1.60 bits per heavy atom. The van der Waals surface area contributed by atoms with Crippen molar-refractivity contribution >= 4 is 12.6 Å². The third kappa shape index (κ3) is 1.85. The van der Waals surface area contributed by atoms with Crippen molar-refractivity contribution in [2.24, 2.45) is 5.92 Å². The van der Waals surface area contributed by atoms with Gasteiger partial charge in [0.25, 0.3) is 0 Å². The topological polar surface area (TPSA) is 49.7 Å². The van der Waals surface area contributed by atoms with E-state index in [0.29, 0.717) is 13.0 Å². The zero-order valence-electron chi connectivity index (χ0n) is 5.60. The summed E-state index contributed by atoms with van der Waals surface area (Å²) in [5.74, 6) is -0.0590. The van der Waals surface area contributed by atoms with Crippen molar-refractivity contribution < 1.29 is 14.9 Å². The average molecular weight is 164 g/mol. The fourth-order valence-corrected chi connectivity index (χ4v) is 1.38. The van der Waals surface area contributed by atoms with Gasteiger partial charge in [0.05, 0.1) is 12.7 Å². The van der Waals surface area contributed by atoms with Gasteiger partial charge in [0.2, 0.25) is 0 Å². The van der Waals surface area contributed by atoms with Crippen molar-refractivity contribution in [1.29, 1.82) is 0 Å². The van der Waals surface area contributed by atoms with E-state index < -0.39 is 6.10 Å². The Labute approximate surface area is 65.4 Å². The van der Waals surface area contributed by atoms with Crippen LogP contribution in [-0.4, -0.2) is 35.0 Å². The molecule has 0 spiro atoms. The van der Waals surface area contributed by atoms with Crippen LogP contribution < -0.4 is 0 Å². The Morgan fingerprint density at radius 2 is 2.30 bits per heavy atom. The second-order valence-corrected chi connectivity index (χ2v) is 3.11. The van der Waals surface area contributed by atoms with Crippen LogP contribution in [0, 0.1) is 5.92 Å². The first-order chi connectivity index (χ1) is 4.74. The number of aliphatic hydroxyl groups is 2. The number of rotatable bonds is 1. The molecule has 60 valence electrons. The van der Waals surface area contributed by atoms with Crippen LogP contribution >= 0.6 is 12.6 Å². The normalized spacial score (nSPS) is 41.7. The Morgan fingerprint density at radius 3 is 2.80 bits per heavy atom. The SMILES string of the molecule is OC[C@@H]1CC(S)OC[C@H]1O. The van der Waals surface area contributed by atoms with Gasteiger partial charge in [-0.15, -0.1) is 12.6 Å².